The average molecular weight is 438 g/mol. The highest BCUT2D eigenvalue weighted by Gasteiger charge is 2.18. The molecule has 0 spiro atoms. The summed E-state index contributed by atoms with van der Waals surface area (Å²) in [7, 11) is -3.50. The summed E-state index contributed by atoms with van der Waals surface area (Å²) in [4.78, 5) is 0.263. The first-order valence-corrected chi connectivity index (χ1v) is 9.81. The molecule has 0 amide bonds. The molecule has 21 heavy (non-hydrogen) atoms. The van der Waals surface area contributed by atoms with Crippen molar-refractivity contribution in [1.82, 2.24) is 10.0 Å². The van der Waals surface area contributed by atoms with E-state index in [0.717, 1.165) is 36.0 Å². The zero-order chi connectivity index (χ0) is 15.5. The lowest BCUT2D eigenvalue weighted by atomic mass is 10.1. The van der Waals surface area contributed by atoms with Gasteiger partial charge >= 0.3 is 0 Å². The maximum absolute atomic E-state index is 12.4. The smallest absolute Gasteiger partial charge is 0.241 e. The fraction of sp³-hybridized carbons (Fsp3) is 0.429. The summed E-state index contributed by atoms with van der Waals surface area (Å²) in [6.07, 6.45) is 3.88. The Balaban J connectivity index is 2.05. The normalized spacial score (nSPS) is 15.9. The van der Waals surface area contributed by atoms with Crippen LogP contribution in [0.15, 0.2) is 37.6 Å². The van der Waals surface area contributed by atoms with Gasteiger partial charge in [0, 0.05) is 22.0 Å². The summed E-state index contributed by atoms with van der Waals surface area (Å²) in [5.41, 5.74) is 2.29. The fourth-order valence-corrected chi connectivity index (χ4v) is 4.86. The third-order valence-corrected chi connectivity index (χ3v) is 6.67. The maximum Gasteiger partial charge on any atom is 0.241 e. The number of hydrogen-bond acceptors (Lipinski definition) is 3. The Morgan fingerprint density at radius 3 is 2.71 bits per heavy atom. The molecule has 4 nitrogen and oxygen atoms in total. The molecule has 7 heteroatoms. The molecular formula is C14H18Br2N2O2S. The van der Waals surface area contributed by atoms with Crippen LogP contribution in [0.1, 0.15) is 18.4 Å². The van der Waals surface area contributed by atoms with Crippen molar-refractivity contribution in [1.29, 1.82) is 0 Å². The summed E-state index contributed by atoms with van der Waals surface area (Å²) < 4.78 is 28.8. The predicted octanol–water partition coefficient (Wildman–Crippen LogP) is 3.11. The van der Waals surface area contributed by atoms with Gasteiger partial charge in [-0.25, -0.2) is 13.1 Å². The molecule has 1 aromatic carbocycles. The number of aryl methyl sites for hydroxylation is 1. The van der Waals surface area contributed by atoms with Gasteiger partial charge in [-0.15, -0.1) is 0 Å². The number of hydrogen-bond donors (Lipinski definition) is 2. The van der Waals surface area contributed by atoms with E-state index in [1.807, 2.05) is 6.92 Å². The third-order valence-electron chi connectivity index (χ3n) is 3.40. The molecule has 0 aromatic heterocycles. The van der Waals surface area contributed by atoms with E-state index >= 15 is 0 Å². The topological polar surface area (TPSA) is 58.2 Å². The number of halogens is 2. The van der Waals surface area contributed by atoms with Gasteiger partial charge < -0.3 is 5.32 Å². The third kappa shape index (κ3) is 4.63. The van der Waals surface area contributed by atoms with E-state index in [9.17, 15) is 8.42 Å². The van der Waals surface area contributed by atoms with E-state index in [0.29, 0.717) is 11.0 Å². The van der Waals surface area contributed by atoms with E-state index in [2.05, 4.69) is 48.0 Å². The fourth-order valence-electron chi connectivity index (χ4n) is 2.15. The second-order valence-corrected chi connectivity index (χ2v) is 8.44. The van der Waals surface area contributed by atoms with Crippen LogP contribution in [0, 0.1) is 6.92 Å². The second-order valence-electron chi connectivity index (χ2n) is 5.00. The van der Waals surface area contributed by atoms with Crippen molar-refractivity contribution in [2.24, 2.45) is 0 Å². The van der Waals surface area contributed by atoms with Crippen molar-refractivity contribution in [2.45, 2.75) is 24.7 Å². The first-order valence-electron chi connectivity index (χ1n) is 6.74. The molecule has 0 aliphatic carbocycles. The van der Waals surface area contributed by atoms with Crippen LogP contribution in [0.5, 0.6) is 0 Å². The Morgan fingerprint density at radius 1 is 1.29 bits per heavy atom. The zero-order valence-electron chi connectivity index (χ0n) is 11.7. The predicted molar refractivity (Wildman–Crippen MR) is 92.0 cm³/mol. The molecule has 0 atom stereocenters. The van der Waals surface area contributed by atoms with Crippen molar-refractivity contribution in [2.75, 3.05) is 19.6 Å². The quantitative estimate of drug-likeness (QED) is 0.695. The molecular weight excluding hydrogens is 420 g/mol. The minimum Gasteiger partial charge on any atom is -0.313 e. The zero-order valence-corrected chi connectivity index (χ0v) is 15.7. The van der Waals surface area contributed by atoms with Crippen molar-refractivity contribution in [3.05, 3.63) is 38.3 Å². The maximum atomic E-state index is 12.4. The summed E-state index contributed by atoms with van der Waals surface area (Å²) in [5.74, 6) is 0. The highest BCUT2D eigenvalue weighted by Crippen LogP contribution is 2.28. The molecule has 1 heterocycles. The number of nitrogens with one attached hydrogen (secondary N) is 2. The van der Waals surface area contributed by atoms with E-state index in [4.69, 9.17) is 0 Å². The van der Waals surface area contributed by atoms with Gasteiger partial charge in [-0.1, -0.05) is 27.6 Å². The van der Waals surface area contributed by atoms with Gasteiger partial charge in [0.15, 0.2) is 0 Å². The van der Waals surface area contributed by atoms with Crippen LogP contribution in [0.2, 0.25) is 0 Å². The van der Waals surface area contributed by atoms with Crippen molar-refractivity contribution < 1.29 is 8.42 Å². The molecule has 1 aliphatic rings. The summed E-state index contributed by atoms with van der Waals surface area (Å²) in [6, 6.07) is 3.43. The van der Waals surface area contributed by atoms with E-state index < -0.39 is 10.0 Å². The average Bonchev–Trinajstić information content (AvgIpc) is 2.43. The standard InChI is InChI=1S/C14H18Br2N2O2S/c1-10-8-13(16)14(9-12(10)15)21(19,20)18-7-4-11-2-5-17-6-3-11/h2,8-9,17-18H,3-7H2,1H3. The molecule has 0 saturated carbocycles. The Bertz CT molecular complexity index is 657. The lowest BCUT2D eigenvalue weighted by Gasteiger charge is -2.15. The molecule has 0 unspecified atom stereocenters. The first-order chi connectivity index (χ1) is 9.90. The molecule has 116 valence electrons. The number of sulfonamides is 1. The van der Waals surface area contributed by atoms with Gasteiger partial charge in [-0.05, 0) is 59.9 Å². The summed E-state index contributed by atoms with van der Waals surface area (Å²) in [6.45, 7) is 4.18. The Hall–Kier alpha value is -0.210. The van der Waals surface area contributed by atoms with Crippen molar-refractivity contribution >= 4 is 41.9 Å². The van der Waals surface area contributed by atoms with Crippen LogP contribution in [-0.2, 0) is 10.0 Å². The van der Waals surface area contributed by atoms with Gasteiger partial charge in [0.25, 0.3) is 0 Å². The highest BCUT2D eigenvalue weighted by molar-refractivity contribution is 9.11. The van der Waals surface area contributed by atoms with E-state index in [1.54, 1.807) is 12.1 Å². The van der Waals surface area contributed by atoms with Crippen LogP contribution in [0.3, 0.4) is 0 Å². The molecule has 2 rings (SSSR count). The van der Waals surface area contributed by atoms with Crippen LogP contribution in [0.4, 0.5) is 0 Å². The SMILES string of the molecule is Cc1cc(Br)c(S(=O)(=O)NCCC2=CCNCC2)cc1Br. The minimum atomic E-state index is -3.50. The van der Waals surface area contributed by atoms with Crippen LogP contribution in [-0.4, -0.2) is 28.1 Å². The largest absolute Gasteiger partial charge is 0.313 e. The summed E-state index contributed by atoms with van der Waals surface area (Å²) >= 11 is 6.70. The summed E-state index contributed by atoms with van der Waals surface area (Å²) in [5, 5.41) is 3.24. The highest BCUT2D eigenvalue weighted by atomic mass is 79.9. The molecule has 1 aromatic rings. The van der Waals surface area contributed by atoms with Crippen LogP contribution >= 0.6 is 31.9 Å². The minimum absolute atomic E-state index is 0.263. The number of benzene rings is 1. The van der Waals surface area contributed by atoms with Crippen LogP contribution < -0.4 is 10.0 Å². The Kier molecular flexibility index (Phi) is 6.02. The van der Waals surface area contributed by atoms with Crippen molar-refractivity contribution in [3.63, 3.8) is 0 Å². The molecule has 0 radical (unpaired) electrons. The van der Waals surface area contributed by atoms with Crippen LogP contribution in [0.25, 0.3) is 0 Å². The lowest BCUT2D eigenvalue weighted by Crippen LogP contribution is -2.27. The monoisotopic (exact) mass is 436 g/mol. The van der Waals surface area contributed by atoms with E-state index in [1.165, 1.54) is 5.57 Å². The van der Waals surface area contributed by atoms with Gasteiger partial charge in [0.1, 0.15) is 0 Å². The molecule has 0 saturated heterocycles. The molecule has 2 N–H and O–H groups in total. The van der Waals surface area contributed by atoms with Gasteiger partial charge in [-0.3, -0.25) is 0 Å². The lowest BCUT2D eigenvalue weighted by molar-refractivity contribution is 0.579. The van der Waals surface area contributed by atoms with Gasteiger partial charge in [0.05, 0.1) is 4.90 Å². The molecule has 1 aliphatic heterocycles. The van der Waals surface area contributed by atoms with Gasteiger partial charge in [0.2, 0.25) is 10.0 Å². The second kappa shape index (κ2) is 7.37. The van der Waals surface area contributed by atoms with E-state index in [-0.39, 0.29) is 4.90 Å². The Labute approximate surface area is 142 Å². The first kappa shape index (κ1) is 17.1. The Morgan fingerprint density at radius 2 is 2.05 bits per heavy atom. The molecule has 0 bridgehead atoms. The number of rotatable bonds is 5. The molecule has 0 fully saturated rings. The van der Waals surface area contributed by atoms with Crippen molar-refractivity contribution in [3.8, 4) is 0 Å². The van der Waals surface area contributed by atoms with Gasteiger partial charge in [-0.2, -0.15) is 0 Å².